The number of benzene rings is 3. The minimum Gasteiger partial charge on any atom is -0.0654 e. The van der Waals surface area contributed by atoms with E-state index < -0.39 is 0 Å². The zero-order valence-corrected chi connectivity index (χ0v) is 14.4. The predicted octanol–water partition coefficient (Wildman–Crippen LogP) is 7.29. The van der Waals surface area contributed by atoms with Gasteiger partial charge >= 0.3 is 0 Å². The molecular weight excluding hydrogens is 276 g/mol. The van der Waals surface area contributed by atoms with E-state index in [1.165, 1.54) is 78.5 Å². The highest BCUT2D eigenvalue weighted by molar-refractivity contribution is 6.07. The number of fused-ring (bicyclic) bond motifs is 3. The van der Waals surface area contributed by atoms with Gasteiger partial charge in [0.2, 0.25) is 0 Å². The molecule has 0 spiro atoms. The molecule has 0 nitrogen and oxygen atoms in total. The second-order valence-corrected chi connectivity index (χ2v) is 6.71. The van der Waals surface area contributed by atoms with Crippen LogP contribution in [-0.2, 0) is 6.42 Å². The zero-order chi connectivity index (χ0) is 15.9. The summed E-state index contributed by atoms with van der Waals surface area (Å²) in [6.07, 6.45) is 10.9. The van der Waals surface area contributed by atoms with Crippen molar-refractivity contribution in [3.8, 4) is 0 Å². The van der Waals surface area contributed by atoms with Crippen LogP contribution in [0.5, 0.6) is 0 Å². The lowest BCUT2D eigenvalue weighted by atomic mass is 9.98. The third-order valence-corrected chi connectivity index (χ3v) is 4.88. The molecule has 0 saturated heterocycles. The van der Waals surface area contributed by atoms with Crippen molar-refractivity contribution < 1.29 is 0 Å². The average molecular weight is 304 g/mol. The molecule has 0 unspecified atom stereocenters. The highest BCUT2D eigenvalue weighted by atomic mass is 14.1. The van der Waals surface area contributed by atoms with Gasteiger partial charge in [0.15, 0.2) is 0 Å². The van der Waals surface area contributed by atoms with E-state index in [9.17, 15) is 0 Å². The maximum Gasteiger partial charge on any atom is -0.0105 e. The quantitative estimate of drug-likeness (QED) is 0.303. The first-order chi connectivity index (χ1) is 11.4. The standard InChI is InChI=1S/C23H28/c1-2-3-4-5-6-7-8-11-19-14-17-23-21(18-19)16-15-20-12-9-10-13-22(20)23/h9-10,12-18H,2-8,11H2,1H3. The molecule has 0 aliphatic rings. The van der Waals surface area contributed by atoms with E-state index in [0.29, 0.717) is 0 Å². The van der Waals surface area contributed by atoms with Crippen molar-refractivity contribution in [1.82, 2.24) is 0 Å². The van der Waals surface area contributed by atoms with Gasteiger partial charge in [-0.15, -0.1) is 0 Å². The molecule has 0 amide bonds. The molecule has 23 heavy (non-hydrogen) atoms. The summed E-state index contributed by atoms with van der Waals surface area (Å²) in [5.74, 6) is 0. The van der Waals surface area contributed by atoms with Crippen LogP contribution in [-0.4, -0.2) is 0 Å². The smallest absolute Gasteiger partial charge is 0.0105 e. The van der Waals surface area contributed by atoms with E-state index in [1.54, 1.807) is 0 Å². The molecule has 0 aliphatic heterocycles. The summed E-state index contributed by atoms with van der Waals surface area (Å²) in [6.45, 7) is 2.28. The van der Waals surface area contributed by atoms with Crippen LogP contribution in [0.25, 0.3) is 21.5 Å². The maximum atomic E-state index is 2.39. The molecule has 0 fully saturated rings. The topological polar surface area (TPSA) is 0 Å². The highest BCUT2D eigenvalue weighted by Crippen LogP contribution is 2.26. The van der Waals surface area contributed by atoms with E-state index in [0.717, 1.165) is 0 Å². The van der Waals surface area contributed by atoms with Crippen molar-refractivity contribution in [2.24, 2.45) is 0 Å². The van der Waals surface area contributed by atoms with Crippen molar-refractivity contribution in [1.29, 1.82) is 0 Å². The van der Waals surface area contributed by atoms with Gasteiger partial charge in [0.25, 0.3) is 0 Å². The molecule has 0 aromatic heterocycles. The van der Waals surface area contributed by atoms with Crippen LogP contribution in [0.2, 0.25) is 0 Å². The molecule has 0 bridgehead atoms. The monoisotopic (exact) mass is 304 g/mol. The second-order valence-electron chi connectivity index (χ2n) is 6.71. The molecular formula is C23H28. The van der Waals surface area contributed by atoms with Gasteiger partial charge in [-0.2, -0.15) is 0 Å². The van der Waals surface area contributed by atoms with E-state index in [1.807, 2.05) is 0 Å². The Morgan fingerprint density at radius 1 is 0.609 bits per heavy atom. The Bertz CT molecular complexity index is 754. The molecule has 0 heteroatoms. The van der Waals surface area contributed by atoms with Gasteiger partial charge in [0.1, 0.15) is 0 Å². The van der Waals surface area contributed by atoms with Crippen molar-refractivity contribution in [3.63, 3.8) is 0 Å². The second kappa shape index (κ2) is 8.15. The van der Waals surface area contributed by atoms with Crippen LogP contribution < -0.4 is 0 Å². The number of hydrogen-bond acceptors (Lipinski definition) is 0. The Morgan fingerprint density at radius 3 is 2.17 bits per heavy atom. The van der Waals surface area contributed by atoms with Crippen molar-refractivity contribution in [3.05, 3.63) is 60.2 Å². The first-order valence-corrected chi connectivity index (χ1v) is 9.29. The predicted molar refractivity (Wildman–Crippen MR) is 103 cm³/mol. The SMILES string of the molecule is CCCCCCCCCc1ccc2c(ccc3ccccc32)c1. The van der Waals surface area contributed by atoms with Crippen LogP contribution >= 0.6 is 0 Å². The summed E-state index contributed by atoms with van der Waals surface area (Å²) in [4.78, 5) is 0. The highest BCUT2D eigenvalue weighted by Gasteiger charge is 2.01. The Morgan fingerprint density at radius 2 is 1.30 bits per heavy atom. The minimum absolute atomic E-state index is 1.22. The van der Waals surface area contributed by atoms with Crippen molar-refractivity contribution in [2.45, 2.75) is 58.3 Å². The lowest BCUT2D eigenvalue weighted by Gasteiger charge is -2.07. The van der Waals surface area contributed by atoms with Crippen LogP contribution in [0.15, 0.2) is 54.6 Å². The molecule has 0 radical (unpaired) electrons. The van der Waals surface area contributed by atoms with Gasteiger partial charge < -0.3 is 0 Å². The fourth-order valence-corrected chi connectivity index (χ4v) is 3.50. The van der Waals surface area contributed by atoms with Crippen molar-refractivity contribution in [2.75, 3.05) is 0 Å². The number of aryl methyl sites for hydroxylation is 1. The molecule has 0 N–H and O–H groups in total. The number of unbranched alkanes of at least 4 members (excludes halogenated alkanes) is 6. The molecule has 0 saturated carbocycles. The van der Waals surface area contributed by atoms with Gasteiger partial charge in [-0.3, -0.25) is 0 Å². The average Bonchev–Trinajstić information content (AvgIpc) is 2.60. The summed E-state index contributed by atoms with van der Waals surface area (Å²) >= 11 is 0. The Balaban J connectivity index is 1.61. The van der Waals surface area contributed by atoms with Crippen LogP contribution in [0.3, 0.4) is 0 Å². The van der Waals surface area contributed by atoms with Crippen LogP contribution in [0.4, 0.5) is 0 Å². The molecule has 0 aliphatic carbocycles. The summed E-state index contributed by atoms with van der Waals surface area (Å²) < 4.78 is 0. The van der Waals surface area contributed by atoms with E-state index in [2.05, 4.69) is 61.5 Å². The summed E-state index contributed by atoms with van der Waals surface area (Å²) in [5, 5.41) is 5.46. The molecule has 3 rings (SSSR count). The molecule has 3 aromatic rings. The van der Waals surface area contributed by atoms with E-state index >= 15 is 0 Å². The maximum absolute atomic E-state index is 2.39. The van der Waals surface area contributed by atoms with Crippen LogP contribution in [0.1, 0.15) is 57.4 Å². The normalized spacial score (nSPS) is 11.3. The summed E-state index contributed by atoms with van der Waals surface area (Å²) in [5.41, 5.74) is 1.49. The fourth-order valence-electron chi connectivity index (χ4n) is 3.50. The number of hydrogen-bond donors (Lipinski definition) is 0. The van der Waals surface area contributed by atoms with Gasteiger partial charge in [-0.05, 0) is 39.9 Å². The first-order valence-electron chi connectivity index (χ1n) is 9.29. The molecule has 0 heterocycles. The molecule has 0 atom stereocenters. The Kier molecular flexibility index (Phi) is 5.69. The van der Waals surface area contributed by atoms with Crippen LogP contribution in [0, 0.1) is 0 Å². The first kappa shape index (κ1) is 16.1. The third kappa shape index (κ3) is 4.13. The summed E-state index contributed by atoms with van der Waals surface area (Å²) in [6, 6.07) is 20.2. The molecule has 120 valence electrons. The summed E-state index contributed by atoms with van der Waals surface area (Å²) in [7, 11) is 0. The lowest BCUT2D eigenvalue weighted by Crippen LogP contribution is -1.87. The van der Waals surface area contributed by atoms with Crippen molar-refractivity contribution >= 4 is 21.5 Å². The largest absolute Gasteiger partial charge is 0.0654 e. The molecule has 3 aromatic carbocycles. The third-order valence-electron chi connectivity index (χ3n) is 4.88. The fraction of sp³-hybridized carbons (Fsp3) is 0.391. The van der Waals surface area contributed by atoms with Gasteiger partial charge in [-0.25, -0.2) is 0 Å². The lowest BCUT2D eigenvalue weighted by molar-refractivity contribution is 0.589. The van der Waals surface area contributed by atoms with Gasteiger partial charge in [0.05, 0.1) is 0 Å². The minimum atomic E-state index is 1.22. The Labute approximate surface area is 140 Å². The van der Waals surface area contributed by atoms with Gasteiger partial charge in [-0.1, -0.05) is 100 Å². The van der Waals surface area contributed by atoms with Gasteiger partial charge in [0, 0.05) is 0 Å². The Hall–Kier alpha value is -1.82. The zero-order valence-electron chi connectivity index (χ0n) is 14.4. The number of rotatable bonds is 8. The van der Waals surface area contributed by atoms with E-state index in [-0.39, 0.29) is 0 Å². The van der Waals surface area contributed by atoms with E-state index in [4.69, 9.17) is 0 Å².